The van der Waals surface area contributed by atoms with E-state index in [1.165, 1.54) is 11.3 Å². The van der Waals surface area contributed by atoms with Crippen molar-refractivity contribution in [2.24, 2.45) is 5.92 Å². The third-order valence-electron chi connectivity index (χ3n) is 4.84. The first kappa shape index (κ1) is 13.6. The molecule has 0 saturated carbocycles. The van der Waals surface area contributed by atoms with Crippen LogP contribution in [0.5, 0.6) is 0 Å². The van der Waals surface area contributed by atoms with Gasteiger partial charge in [0.15, 0.2) is 0 Å². The van der Waals surface area contributed by atoms with Gasteiger partial charge >= 0.3 is 0 Å². The van der Waals surface area contributed by atoms with Crippen LogP contribution in [0.4, 0.5) is 0 Å². The Balaban J connectivity index is 1.60. The van der Waals surface area contributed by atoms with Crippen LogP contribution in [0.2, 0.25) is 0 Å². The number of aromatic amines is 1. The van der Waals surface area contributed by atoms with Crippen LogP contribution in [0.1, 0.15) is 36.4 Å². The lowest BCUT2D eigenvalue weighted by Crippen LogP contribution is -2.40. The number of likely N-dealkylation sites (tertiary alicyclic amines) is 2. The zero-order valence-corrected chi connectivity index (χ0v) is 12.4. The van der Waals surface area contributed by atoms with Crippen LogP contribution in [0, 0.1) is 12.8 Å². The van der Waals surface area contributed by atoms with Gasteiger partial charge in [0, 0.05) is 30.6 Å². The Kier molecular flexibility index (Phi) is 3.78. The first-order valence-corrected chi connectivity index (χ1v) is 7.62. The highest BCUT2D eigenvalue weighted by Crippen LogP contribution is 2.30. The predicted molar refractivity (Wildman–Crippen MR) is 77.5 cm³/mol. The summed E-state index contributed by atoms with van der Waals surface area (Å²) in [5.41, 5.74) is 2.42. The van der Waals surface area contributed by atoms with Gasteiger partial charge in [0.2, 0.25) is 5.91 Å². The van der Waals surface area contributed by atoms with E-state index < -0.39 is 0 Å². The van der Waals surface area contributed by atoms with Crippen LogP contribution in [0.15, 0.2) is 6.20 Å². The first-order chi connectivity index (χ1) is 9.65. The van der Waals surface area contributed by atoms with E-state index in [2.05, 4.69) is 34.0 Å². The van der Waals surface area contributed by atoms with Crippen molar-refractivity contribution in [1.29, 1.82) is 0 Å². The lowest BCUT2D eigenvalue weighted by Gasteiger charge is -2.30. The van der Waals surface area contributed by atoms with Gasteiger partial charge < -0.3 is 9.80 Å². The number of nitrogens with zero attached hydrogens (tertiary/aromatic N) is 3. The molecule has 0 aromatic carbocycles. The normalized spacial score (nSPS) is 25.3. The summed E-state index contributed by atoms with van der Waals surface area (Å²) in [6, 6.07) is 0. The zero-order chi connectivity index (χ0) is 14.1. The fraction of sp³-hybridized carbons (Fsp3) is 0.733. The molecule has 3 rings (SSSR count). The van der Waals surface area contributed by atoms with Gasteiger partial charge in [-0.1, -0.05) is 0 Å². The lowest BCUT2D eigenvalue weighted by molar-refractivity contribution is -0.135. The van der Waals surface area contributed by atoms with E-state index in [1.807, 2.05) is 6.20 Å². The summed E-state index contributed by atoms with van der Waals surface area (Å²) >= 11 is 0. The van der Waals surface area contributed by atoms with Crippen LogP contribution in [-0.2, 0) is 4.79 Å². The second-order valence-electron chi connectivity index (χ2n) is 6.31. The first-order valence-electron chi connectivity index (χ1n) is 7.62. The molecule has 5 nitrogen and oxygen atoms in total. The van der Waals surface area contributed by atoms with Crippen molar-refractivity contribution in [1.82, 2.24) is 20.0 Å². The number of H-pyrrole nitrogens is 1. The molecule has 20 heavy (non-hydrogen) atoms. The number of carbonyl (C=O) groups excluding carboxylic acids is 1. The second-order valence-corrected chi connectivity index (χ2v) is 6.31. The number of aryl methyl sites for hydroxylation is 1. The molecule has 1 amide bonds. The van der Waals surface area contributed by atoms with E-state index in [-0.39, 0.29) is 5.92 Å². The van der Waals surface area contributed by atoms with Crippen LogP contribution in [0.3, 0.4) is 0 Å². The fourth-order valence-corrected chi connectivity index (χ4v) is 3.48. The van der Waals surface area contributed by atoms with Crippen LogP contribution < -0.4 is 0 Å². The smallest absolute Gasteiger partial charge is 0.225 e. The molecule has 1 aromatic heterocycles. The third-order valence-corrected chi connectivity index (χ3v) is 4.84. The summed E-state index contributed by atoms with van der Waals surface area (Å²) < 4.78 is 0. The standard InChI is InChI=1S/C15H24N4O/c1-11-9-16-17-14(11)13-5-8-19(10-13)15(20)12-3-6-18(2)7-4-12/h9,12-13H,3-8,10H2,1-2H3,(H,16,17)/t13-/m1/s1. The van der Waals surface area contributed by atoms with E-state index >= 15 is 0 Å². The minimum absolute atomic E-state index is 0.243. The van der Waals surface area contributed by atoms with Crippen molar-refractivity contribution in [2.45, 2.75) is 32.1 Å². The number of rotatable bonds is 2. The average Bonchev–Trinajstić information content (AvgIpc) is 3.07. The molecule has 1 aromatic rings. The van der Waals surface area contributed by atoms with Gasteiger partial charge in [0.25, 0.3) is 0 Å². The maximum atomic E-state index is 12.6. The number of carbonyl (C=O) groups is 1. The number of hydrogen-bond acceptors (Lipinski definition) is 3. The molecular formula is C15H24N4O. The monoisotopic (exact) mass is 276 g/mol. The van der Waals surface area contributed by atoms with E-state index in [9.17, 15) is 4.79 Å². The maximum absolute atomic E-state index is 12.6. The molecule has 1 atom stereocenters. The molecule has 0 radical (unpaired) electrons. The van der Waals surface area contributed by atoms with E-state index in [0.29, 0.717) is 11.8 Å². The highest BCUT2D eigenvalue weighted by Gasteiger charge is 2.33. The van der Waals surface area contributed by atoms with Crippen molar-refractivity contribution in [3.8, 4) is 0 Å². The minimum atomic E-state index is 0.243. The minimum Gasteiger partial charge on any atom is -0.342 e. The zero-order valence-electron chi connectivity index (χ0n) is 12.4. The molecule has 2 fully saturated rings. The average molecular weight is 276 g/mol. The van der Waals surface area contributed by atoms with Gasteiger partial charge in [-0.3, -0.25) is 9.89 Å². The topological polar surface area (TPSA) is 52.2 Å². The van der Waals surface area contributed by atoms with E-state index in [4.69, 9.17) is 0 Å². The Labute approximate surface area is 120 Å². The van der Waals surface area contributed by atoms with Gasteiger partial charge in [0.1, 0.15) is 0 Å². The molecule has 0 bridgehead atoms. The predicted octanol–water partition coefficient (Wildman–Crippen LogP) is 1.38. The third kappa shape index (κ3) is 2.59. The summed E-state index contributed by atoms with van der Waals surface area (Å²) in [7, 11) is 2.13. The molecule has 2 saturated heterocycles. The number of piperidine rings is 1. The van der Waals surface area contributed by atoms with Gasteiger partial charge in [-0.25, -0.2) is 0 Å². The number of amides is 1. The Bertz CT molecular complexity index is 476. The number of hydrogen-bond donors (Lipinski definition) is 1. The molecule has 3 heterocycles. The molecule has 0 aliphatic carbocycles. The SMILES string of the molecule is Cc1cn[nH]c1[C@@H]1CCN(C(=O)C2CCN(C)CC2)C1. The van der Waals surface area contributed by atoms with Crippen molar-refractivity contribution in [2.75, 3.05) is 33.2 Å². The molecule has 0 unspecified atom stereocenters. The van der Waals surface area contributed by atoms with Crippen molar-refractivity contribution < 1.29 is 4.79 Å². The summed E-state index contributed by atoms with van der Waals surface area (Å²) in [5.74, 6) is 1.05. The van der Waals surface area contributed by atoms with E-state index in [1.54, 1.807) is 0 Å². The summed E-state index contributed by atoms with van der Waals surface area (Å²) in [4.78, 5) is 17.0. The Morgan fingerprint density at radius 1 is 1.30 bits per heavy atom. The molecule has 110 valence electrons. The largest absolute Gasteiger partial charge is 0.342 e. The molecule has 1 N–H and O–H groups in total. The molecular weight excluding hydrogens is 252 g/mol. The fourth-order valence-electron chi connectivity index (χ4n) is 3.48. The maximum Gasteiger partial charge on any atom is 0.225 e. The Morgan fingerprint density at radius 3 is 2.70 bits per heavy atom. The summed E-state index contributed by atoms with van der Waals surface area (Å²) in [6.07, 6.45) is 4.96. The summed E-state index contributed by atoms with van der Waals surface area (Å²) in [5, 5.41) is 7.20. The molecule has 2 aliphatic heterocycles. The second kappa shape index (κ2) is 5.56. The Hall–Kier alpha value is -1.36. The molecule has 0 spiro atoms. The van der Waals surface area contributed by atoms with Gasteiger partial charge in [0.05, 0.1) is 6.20 Å². The number of aromatic nitrogens is 2. The van der Waals surface area contributed by atoms with Crippen LogP contribution in [0.25, 0.3) is 0 Å². The van der Waals surface area contributed by atoms with Crippen molar-refractivity contribution in [3.05, 3.63) is 17.5 Å². The van der Waals surface area contributed by atoms with Gasteiger partial charge in [-0.2, -0.15) is 5.10 Å². The molecule has 2 aliphatic rings. The molecule has 5 heteroatoms. The highest BCUT2D eigenvalue weighted by atomic mass is 16.2. The van der Waals surface area contributed by atoms with Crippen molar-refractivity contribution >= 4 is 5.91 Å². The van der Waals surface area contributed by atoms with Crippen LogP contribution in [-0.4, -0.2) is 59.1 Å². The quantitative estimate of drug-likeness (QED) is 0.888. The number of nitrogens with one attached hydrogen (secondary N) is 1. The van der Waals surface area contributed by atoms with Gasteiger partial charge in [-0.15, -0.1) is 0 Å². The summed E-state index contributed by atoms with van der Waals surface area (Å²) in [6.45, 7) is 5.93. The van der Waals surface area contributed by atoms with Gasteiger partial charge in [-0.05, 0) is 51.9 Å². The lowest BCUT2D eigenvalue weighted by atomic mass is 9.95. The Morgan fingerprint density at radius 2 is 2.05 bits per heavy atom. The van der Waals surface area contributed by atoms with E-state index in [0.717, 1.165) is 45.4 Å². The van der Waals surface area contributed by atoms with Crippen molar-refractivity contribution in [3.63, 3.8) is 0 Å². The van der Waals surface area contributed by atoms with Crippen LogP contribution >= 0.6 is 0 Å². The highest BCUT2D eigenvalue weighted by molar-refractivity contribution is 5.79.